The maximum absolute atomic E-state index is 12.1. The number of nitrogens with one attached hydrogen (secondary N) is 1. The Bertz CT molecular complexity index is 534. The van der Waals surface area contributed by atoms with E-state index in [9.17, 15) is 14.9 Å². The van der Waals surface area contributed by atoms with Gasteiger partial charge in [-0.3, -0.25) is 10.1 Å². The van der Waals surface area contributed by atoms with E-state index in [0.717, 1.165) is 0 Å². The van der Waals surface area contributed by atoms with Crippen molar-refractivity contribution in [2.24, 2.45) is 0 Å². The van der Waals surface area contributed by atoms with Crippen LogP contribution in [0.3, 0.4) is 0 Å². The summed E-state index contributed by atoms with van der Waals surface area (Å²) < 4.78 is 5.51. The molecule has 1 fully saturated rings. The summed E-state index contributed by atoms with van der Waals surface area (Å²) in [7, 11) is 0. The van der Waals surface area contributed by atoms with Gasteiger partial charge in [-0.1, -0.05) is 12.8 Å². The number of nitrogens with zero attached hydrogens (tertiary/aromatic N) is 1. The Morgan fingerprint density at radius 2 is 1.91 bits per heavy atom. The minimum atomic E-state index is -0.624. The van der Waals surface area contributed by atoms with Crippen molar-refractivity contribution in [1.29, 1.82) is 0 Å². The van der Waals surface area contributed by atoms with Gasteiger partial charge in [0.2, 0.25) is 0 Å². The number of rotatable bonds is 6. The average molecular weight is 306 g/mol. The molecule has 0 aliphatic heterocycles. The molecule has 0 atom stereocenters. The summed E-state index contributed by atoms with van der Waals surface area (Å²) in [6.45, 7) is 4.31. The summed E-state index contributed by atoms with van der Waals surface area (Å²) in [5.74, 6) is -0.465. The smallest absolute Gasteiger partial charge is 0.338 e. The second kappa shape index (κ2) is 6.87. The molecule has 0 amide bonds. The van der Waals surface area contributed by atoms with Crippen LogP contribution in [0.1, 0.15) is 49.9 Å². The van der Waals surface area contributed by atoms with Gasteiger partial charge in [-0.15, -0.1) is 0 Å². The molecule has 22 heavy (non-hydrogen) atoms. The Labute approximate surface area is 130 Å². The van der Waals surface area contributed by atoms with Crippen LogP contribution >= 0.6 is 0 Å². The standard InChI is InChI=1S/C16H22N2O4/c1-16(2,11-17-13-5-3-4-6-13)22-15(19)12-7-9-14(10-8-12)18(20)21/h7-10,13,17H,3-6,11H2,1-2H3. The fourth-order valence-corrected chi connectivity index (χ4v) is 2.59. The van der Waals surface area contributed by atoms with E-state index >= 15 is 0 Å². The van der Waals surface area contributed by atoms with Gasteiger partial charge in [0.15, 0.2) is 0 Å². The Morgan fingerprint density at radius 1 is 1.32 bits per heavy atom. The highest BCUT2D eigenvalue weighted by Crippen LogP contribution is 2.20. The van der Waals surface area contributed by atoms with Crippen molar-refractivity contribution in [2.45, 2.75) is 51.2 Å². The second-order valence-electron chi connectivity index (χ2n) is 6.32. The third-order valence-electron chi connectivity index (χ3n) is 3.85. The molecular formula is C16H22N2O4. The SMILES string of the molecule is CC(C)(CNC1CCCC1)OC(=O)c1ccc([N+](=O)[O-])cc1. The van der Waals surface area contributed by atoms with Crippen LogP contribution in [0, 0.1) is 10.1 Å². The van der Waals surface area contributed by atoms with Crippen LogP contribution in [0.25, 0.3) is 0 Å². The first kappa shape index (κ1) is 16.4. The predicted molar refractivity (Wildman–Crippen MR) is 82.8 cm³/mol. The topological polar surface area (TPSA) is 81.5 Å². The van der Waals surface area contributed by atoms with Crippen LogP contribution in [0.5, 0.6) is 0 Å². The Balaban J connectivity index is 1.89. The van der Waals surface area contributed by atoms with Gasteiger partial charge in [-0.05, 0) is 38.8 Å². The van der Waals surface area contributed by atoms with Gasteiger partial charge in [0.05, 0.1) is 10.5 Å². The second-order valence-corrected chi connectivity index (χ2v) is 6.32. The molecule has 1 N–H and O–H groups in total. The molecule has 0 heterocycles. The first-order valence-electron chi connectivity index (χ1n) is 7.58. The van der Waals surface area contributed by atoms with E-state index in [1.54, 1.807) is 0 Å². The van der Waals surface area contributed by atoms with E-state index in [2.05, 4.69) is 5.32 Å². The van der Waals surface area contributed by atoms with Crippen molar-refractivity contribution in [1.82, 2.24) is 5.32 Å². The third kappa shape index (κ3) is 4.53. The molecule has 1 aromatic rings. The molecule has 1 aliphatic carbocycles. The molecule has 1 saturated carbocycles. The number of esters is 1. The third-order valence-corrected chi connectivity index (χ3v) is 3.85. The first-order valence-corrected chi connectivity index (χ1v) is 7.58. The summed E-state index contributed by atoms with van der Waals surface area (Å²) in [5.41, 5.74) is -0.347. The van der Waals surface area contributed by atoms with Gasteiger partial charge in [0.1, 0.15) is 5.60 Å². The Morgan fingerprint density at radius 3 is 2.45 bits per heavy atom. The van der Waals surface area contributed by atoms with Crippen molar-refractivity contribution in [3.63, 3.8) is 0 Å². The molecule has 1 aromatic carbocycles. The summed E-state index contributed by atoms with van der Waals surface area (Å²) in [4.78, 5) is 22.2. The molecular weight excluding hydrogens is 284 g/mol. The molecule has 0 radical (unpaired) electrons. The zero-order valence-corrected chi connectivity index (χ0v) is 13.0. The van der Waals surface area contributed by atoms with Crippen LogP contribution in [0.2, 0.25) is 0 Å². The van der Waals surface area contributed by atoms with Gasteiger partial charge in [0.25, 0.3) is 5.69 Å². The van der Waals surface area contributed by atoms with Crippen molar-refractivity contribution < 1.29 is 14.5 Å². The van der Waals surface area contributed by atoms with E-state index in [0.29, 0.717) is 18.2 Å². The first-order chi connectivity index (χ1) is 10.4. The average Bonchev–Trinajstić information content (AvgIpc) is 2.98. The lowest BCUT2D eigenvalue weighted by molar-refractivity contribution is -0.384. The van der Waals surface area contributed by atoms with E-state index in [1.165, 1.54) is 49.9 Å². The Hall–Kier alpha value is -1.95. The Kier molecular flexibility index (Phi) is 5.13. The van der Waals surface area contributed by atoms with Gasteiger partial charge in [-0.2, -0.15) is 0 Å². The molecule has 0 saturated heterocycles. The van der Waals surface area contributed by atoms with Crippen LogP contribution < -0.4 is 5.32 Å². The van der Waals surface area contributed by atoms with Gasteiger partial charge < -0.3 is 10.1 Å². The summed E-state index contributed by atoms with van der Waals surface area (Å²) in [6.07, 6.45) is 4.85. The minimum absolute atomic E-state index is 0.0429. The molecule has 2 rings (SSSR count). The number of hydrogen-bond donors (Lipinski definition) is 1. The zero-order valence-electron chi connectivity index (χ0n) is 13.0. The highest BCUT2D eigenvalue weighted by molar-refractivity contribution is 5.89. The van der Waals surface area contributed by atoms with Crippen LogP contribution in [-0.4, -0.2) is 29.1 Å². The lowest BCUT2D eigenvalue weighted by Gasteiger charge is -2.27. The van der Waals surface area contributed by atoms with Crippen molar-refractivity contribution >= 4 is 11.7 Å². The maximum atomic E-state index is 12.1. The maximum Gasteiger partial charge on any atom is 0.338 e. The lowest BCUT2D eigenvalue weighted by atomic mass is 10.1. The number of carbonyl (C=O) groups excluding carboxylic acids is 1. The number of nitro benzene ring substituents is 1. The fourth-order valence-electron chi connectivity index (χ4n) is 2.59. The lowest BCUT2D eigenvalue weighted by Crippen LogP contribution is -2.42. The van der Waals surface area contributed by atoms with Gasteiger partial charge in [-0.25, -0.2) is 4.79 Å². The summed E-state index contributed by atoms with van der Waals surface area (Å²) >= 11 is 0. The highest BCUT2D eigenvalue weighted by Gasteiger charge is 2.26. The van der Waals surface area contributed by atoms with Gasteiger partial charge in [0, 0.05) is 24.7 Å². The van der Waals surface area contributed by atoms with Crippen LogP contribution in [0.4, 0.5) is 5.69 Å². The van der Waals surface area contributed by atoms with E-state index in [-0.39, 0.29) is 5.69 Å². The van der Waals surface area contributed by atoms with Crippen molar-refractivity contribution in [2.75, 3.05) is 6.54 Å². The summed E-state index contributed by atoms with van der Waals surface area (Å²) in [6, 6.07) is 5.96. The number of benzene rings is 1. The number of nitro groups is 1. The largest absolute Gasteiger partial charge is 0.455 e. The van der Waals surface area contributed by atoms with E-state index < -0.39 is 16.5 Å². The van der Waals surface area contributed by atoms with Gasteiger partial charge >= 0.3 is 5.97 Å². The van der Waals surface area contributed by atoms with E-state index in [4.69, 9.17) is 4.74 Å². The van der Waals surface area contributed by atoms with Crippen LogP contribution in [0.15, 0.2) is 24.3 Å². The molecule has 120 valence electrons. The quantitative estimate of drug-likeness (QED) is 0.496. The zero-order chi connectivity index (χ0) is 16.2. The fraction of sp³-hybridized carbons (Fsp3) is 0.562. The minimum Gasteiger partial charge on any atom is -0.455 e. The number of carbonyl (C=O) groups is 1. The van der Waals surface area contributed by atoms with Crippen molar-refractivity contribution in [3.05, 3.63) is 39.9 Å². The molecule has 0 aromatic heterocycles. The van der Waals surface area contributed by atoms with E-state index in [1.807, 2.05) is 13.8 Å². The molecule has 0 spiro atoms. The molecule has 6 nitrogen and oxygen atoms in total. The van der Waals surface area contributed by atoms with Crippen LogP contribution in [-0.2, 0) is 4.74 Å². The number of ether oxygens (including phenoxy) is 1. The number of hydrogen-bond acceptors (Lipinski definition) is 5. The number of non-ortho nitro benzene ring substituents is 1. The molecule has 1 aliphatic rings. The summed E-state index contributed by atoms with van der Waals surface area (Å²) in [5, 5.41) is 14.0. The predicted octanol–water partition coefficient (Wildman–Crippen LogP) is 3.06. The van der Waals surface area contributed by atoms with Crippen molar-refractivity contribution in [3.8, 4) is 0 Å². The normalized spacial score (nSPS) is 15.7. The monoisotopic (exact) mass is 306 g/mol. The molecule has 0 unspecified atom stereocenters. The molecule has 6 heteroatoms. The highest BCUT2D eigenvalue weighted by atomic mass is 16.6. The molecule has 0 bridgehead atoms.